The van der Waals surface area contributed by atoms with Gasteiger partial charge in [-0.05, 0) is 104 Å². The summed E-state index contributed by atoms with van der Waals surface area (Å²) >= 11 is 0. The predicted molar refractivity (Wildman–Crippen MR) is 117 cm³/mol. The first-order valence-electron chi connectivity index (χ1n) is 12.8. The normalized spacial score (nSPS) is 56.7. The summed E-state index contributed by atoms with van der Waals surface area (Å²) in [5.41, 5.74) is 2.41. The van der Waals surface area contributed by atoms with Crippen molar-refractivity contribution in [3.8, 4) is 0 Å². The Bertz CT molecular complexity index is 756. The lowest BCUT2D eigenvalue weighted by Gasteiger charge is -2.58. The molecule has 10 atom stereocenters. The number of piperidine rings is 1. The Morgan fingerprint density at radius 1 is 0.966 bits per heavy atom. The summed E-state index contributed by atoms with van der Waals surface area (Å²) in [6, 6.07) is 1.74. The van der Waals surface area contributed by atoms with Gasteiger partial charge < -0.3 is 0 Å². The fourth-order valence-electron chi connectivity index (χ4n) is 10.3. The van der Waals surface area contributed by atoms with Crippen molar-refractivity contribution in [2.45, 2.75) is 97.6 Å². The third-order valence-corrected chi connectivity index (χ3v) is 11.6. The van der Waals surface area contributed by atoms with E-state index in [2.05, 4.69) is 38.7 Å². The van der Waals surface area contributed by atoms with Crippen LogP contribution in [0.25, 0.3) is 0 Å². The van der Waals surface area contributed by atoms with E-state index in [1.54, 1.807) is 0 Å². The second-order valence-corrected chi connectivity index (χ2v) is 12.6. The summed E-state index contributed by atoms with van der Waals surface area (Å²) in [6.07, 6.45) is 13.8. The molecule has 4 aliphatic carbocycles. The lowest BCUT2D eigenvalue weighted by molar-refractivity contribution is -0.117. The zero-order valence-corrected chi connectivity index (χ0v) is 19.1. The first-order valence-corrected chi connectivity index (χ1v) is 12.8. The van der Waals surface area contributed by atoms with Crippen LogP contribution in [0.5, 0.6) is 0 Å². The molecule has 29 heavy (non-hydrogen) atoms. The summed E-state index contributed by atoms with van der Waals surface area (Å²) in [6.45, 7) is 11.7. The van der Waals surface area contributed by atoms with Gasteiger partial charge in [-0.25, -0.2) is 0 Å². The topological polar surface area (TPSA) is 20.3 Å². The molecule has 6 aliphatic rings. The summed E-state index contributed by atoms with van der Waals surface area (Å²) in [4.78, 5) is 15.1. The quantitative estimate of drug-likeness (QED) is 0.512. The van der Waals surface area contributed by atoms with E-state index in [9.17, 15) is 4.79 Å². The van der Waals surface area contributed by atoms with E-state index in [1.807, 2.05) is 0 Å². The van der Waals surface area contributed by atoms with Gasteiger partial charge in [0.15, 0.2) is 5.78 Å². The third-order valence-electron chi connectivity index (χ3n) is 11.6. The molecule has 2 nitrogen and oxygen atoms in total. The van der Waals surface area contributed by atoms with Gasteiger partial charge in [-0.1, -0.05) is 33.3 Å². The molecule has 0 N–H and O–H groups in total. The minimum absolute atomic E-state index is 0.323. The highest BCUT2D eigenvalue weighted by atomic mass is 16.1. The third kappa shape index (κ3) is 2.42. The van der Waals surface area contributed by atoms with Crippen LogP contribution < -0.4 is 0 Å². The molecule has 3 saturated carbocycles. The molecule has 0 spiro atoms. The molecule has 0 bridgehead atoms. The lowest BCUT2D eigenvalue weighted by atomic mass is 9.46. The summed E-state index contributed by atoms with van der Waals surface area (Å²) < 4.78 is 0. The van der Waals surface area contributed by atoms with Crippen molar-refractivity contribution in [1.82, 2.24) is 4.90 Å². The predicted octanol–water partition coefficient (Wildman–Crippen LogP) is 5.86. The van der Waals surface area contributed by atoms with Crippen molar-refractivity contribution >= 4 is 5.78 Å². The molecule has 6 rings (SSSR count). The van der Waals surface area contributed by atoms with E-state index >= 15 is 0 Å². The molecule has 0 aromatic rings. The van der Waals surface area contributed by atoms with E-state index < -0.39 is 0 Å². The van der Waals surface area contributed by atoms with Crippen LogP contribution in [0.15, 0.2) is 11.6 Å². The van der Waals surface area contributed by atoms with E-state index in [4.69, 9.17) is 0 Å². The highest BCUT2D eigenvalue weighted by Crippen LogP contribution is 2.70. The number of fused-ring (bicyclic) bond motifs is 9. The second-order valence-electron chi connectivity index (χ2n) is 12.6. The van der Waals surface area contributed by atoms with Gasteiger partial charge >= 0.3 is 0 Å². The van der Waals surface area contributed by atoms with Gasteiger partial charge in [0.05, 0.1) is 0 Å². The number of nitrogens with zero attached hydrogens (tertiary/aromatic N) is 1. The van der Waals surface area contributed by atoms with Crippen LogP contribution in [0.4, 0.5) is 0 Å². The maximum Gasteiger partial charge on any atom is 0.155 e. The molecule has 7 unspecified atom stereocenters. The first kappa shape index (κ1) is 19.1. The Balaban J connectivity index is 1.33. The standard InChI is InChI=1S/C27H41NO/c1-16-5-8-23-17(2)25-24(28(23)15-16)14-22-20-7-6-18-13-19(29)9-11-26(18,3)21(20)10-12-27(22,25)4/h13,16-17,20-25H,5-12,14-15H2,1-4H3/t16-,17+,20?,21?,22?,23+,24?,25?,26?,27?/m0/s1. The maximum absolute atomic E-state index is 12.1. The van der Waals surface area contributed by atoms with Crippen molar-refractivity contribution in [3.63, 3.8) is 0 Å². The molecule has 0 aromatic heterocycles. The summed E-state index contributed by atoms with van der Waals surface area (Å²) in [5, 5.41) is 0. The molecule has 2 heteroatoms. The molecule has 0 amide bonds. The van der Waals surface area contributed by atoms with Gasteiger partial charge in [0.2, 0.25) is 0 Å². The zero-order chi connectivity index (χ0) is 20.1. The fourth-order valence-corrected chi connectivity index (χ4v) is 10.3. The SMILES string of the molecule is C[C@H]1CC[C@@H]2[C@@H](C)C3C(CC4C5CCC6=CC(=O)CCC6(C)C5CCC43C)N2C1. The van der Waals surface area contributed by atoms with Gasteiger partial charge in [0, 0.05) is 25.0 Å². The minimum Gasteiger partial charge on any atom is -0.297 e. The highest BCUT2D eigenvalue weighted by Gasteiger charge is 2.66. The van der Waals surface area contributed by atoms with Crippen LogP contribution >= 0.6 is 0 Å². The number of rotatable bonds is 0. The number of allylic oxidation sites excluding steroid dienone is 1. The maximum atomic E-state index is 12.1. The van der Waals surface area contributed by atoms with Gasteiger partial charge in [-0.2, -0.15) is 0 Å². The minimum atomic E-state index is 0.323. The van der Waals surface area contributed by atoms with Crippen molar-refractivity contribution < 1.29 is 4.79 Å². The average Bonchev–Trinajstić information content (AvgIpc) is 3.15. The van der Waals surface area contributed by atoms with Gasteiger partial charge in [0.1, 0.15) is 0 Å². The molecule has 0 aromatic carbocycles. The van der Waals surface area contributed by atoms with Crippen LogP contribution in [0.2, 0.25) is 0 Å². The molecule has 2 aliphatic heterocycles. The molecule has 2 saturated heterocycles. The second kappa shape index (κ2) is 6.21. The Kier molecular flexibility index (Phi) is 4.09. The Morgan fingerprint density at radius 3 is 2.62 bits per heavy atom. The van der Waals surface area contributed by atoms with Crippen LogP contribution in [0, 0.1) is 46.3 Å². The molecular formula is C27H41NO. The van der Waals surface area contributed by atoms with Crippen LogP contribution in [0.1, 0.15) is 85.5 Å². The van der Waals surface area contributed by atoms with Gasteiger partial charge in [0.25, 0.3) is 0 Å². The smallest absolute Gasteiger partial charge is 0.155 e. The van der Waals surface area contributed by atoms with E-state index in [1.165, 1.54) is 57.1 Å². The van der Waals surface area contributed by atoms with Crippen molar-refractivity contribution in [2.75, 3.05) is 6.54 Å². The Hall–Kier alpha value is -0.630. The zero-order valence-electron chi connectivity index (χ0n) is 19.1. The Labute approximate surface area is 177 Å². The largest absolute Gasteiger partial charge is 0.297 e. The Morgan fingerprint density at radius 2 is 1.79 bits per heavy atom. The van der Waals surface area contributed by atoms with E-state index in [0.29, 0.717) is 16.6 Å². The lowest BCUT2D eigenvalue weighted by Crippen LogP contribution is -2.51. The molecular weight excluding hydrogens is 354 g/mol. The number of hydrogen-bond donors (Lipinski definition) is 0. The number of hydrogen-bond acceptors (Lipinski definition) is 2. The van der Waals surface area contributed by atoms with Crippen molar-refractivity contribution in [3.05, 3.63) is 11.6 Å². The van der Waals surface area contributed by atoms with E-state index in [0.717, 1.165) is 60.4 Å². The molecule has 5 fully saturated rings. The molecule has 0 radical (unpaired) electrons. The summed E-state index contributed by atoms with van der Waals surface area (Å²) in [5.74, 6) is 5.77. The van der Waals surface area contributed by atoms with Crippen LogP contribution in [-0.2, 0) is 4.79 Å². The number of carbonyl (C=O) groups is 1. The summed E-state index contributed by atoms with van der Waals surface area (Å²) in [7, 11) is 0. The molecule has 160 valence electrons. The van der Waals surface area contributed by atoms with Crippen molar-refractivity contribution in [2.24, 2.45) is 46.3 Å². The molecule has 2 heterocycles. The van der Waals surface area contributed by atoms with E-state index in [-0.39, 0.29) is 0 Å². The van der Waals surface area contributed by atoms with Gasteiger partial charge in [-0.3, -0.25) is 9.69 Å². The fraction of sp³-hybridized carbons (Fsp3) is 0.889. The van der Waals surface area contributed by atoms with Gasteiger partial charge in [-0.15, -0.1) is 0 Å². The first-order chi connectivity index (χ1) is 13.8. The number of ketones is 1. The average molecular weight is 396 g/mol. The number of carbonyl (C=O) groups excluding carboxylic acids is 1. The van der Waals surface area contributed by atoms with Crippen LogP contribution in [0.3, 0.4) is 0 Å². The van der Waals surface area contributed by atoms with Crippen LogP contribution in [-0.4, -0.2) is 29.3 Å². The monoisotopic (exact) mass is 395 g/mol. The van der Waals surface area contributed by atoms with Crippen molar-refractivity contribution in [1.29, 1.82) is 0 Å². The highest BCUT2D eigenvalue weighted by molar-refractivity contribution is 5.91.